The van der Waals surface area contributed by atoms with Gasteiger partial charge in [-0.25, -0.2) is 13.2 Å². The van der Waals surface area contributed by atoms with E-state index in [0.717, 1.165) is 18.9 Å². The maximum Gasteiger partial charge on any atom is 0.196 e. The predicted octanol–water partition coefficient (Wildman–Crippen LogP) is 3.72. The monoisotopic (exact) mass is 273 g/mol. The molecule has 1 aromatic rings. The number of anilines is 1. The Bertz CT molecular complexity index is 451. The van der Waals surface area contributed by atoms with Crippen LogP contribution in [-0.4, -0.2) is 18.8 Å². The Morgan fingerprint density at radius 2 is 1.95 bits per heavy atom. The molecule has 0 saturated carbocycles. The number of benzene rings is 1. The predicted molar refractivity (Wildman–Crippen MR) is 67.5 cm³/mol. The van der Waals surface area contributed by atoms with Gasteiger partial charge in [-0.1, -0.05) is 13.8 Å². The highest BCUT2D eigenvalue weighted by Crippen LogP contribution is 2.26. The zero-order chi connectivity index (χ0) is 14.0. The molecule has 1 aliphatic rings. The molecule has 2 unspecified atom stereocenters. The van der Waals surface area contributed by atoms with Crippen molar-refractivity contribution in [3.05, 3.63) is 29.6 Å². The Balaban J connectivity index is 2.07. The molecule has 1 N–H and O–H groups in total. The summed E-state index contributed by atoms with van der Waals surface area (Å²) in [6.07, 6.45) is 1.57. The Hall–Kier alpha value is -1.23. The van der Waals surface area contributed by atoms with Crippen LogP contribution in [0.3, 0.4) is 0 Å². The zero-order valence-corrected chi connectivity index (χ0v) is 11.1. The van der Waals surface area contributed by atoms with Gasteiger partial charge in [0.1, 0.15) is 0 Å². The third kappa shape index (κ3) is 3.21. The maximum absolute atomic E-state index is 13.6. The molecule has 1 saturated heterocycles. The van der Waals surface area contributed by atoms with E-state index >= 15 is 0 Å². The molecule has 0 amide bonds. The minimum atomic E-state index is -1.43. The fourth-order valence-electron chi connectivity index (χ4n) is 2.28. The Morgan fingerprint density at radius 1 is 1.21 bits per heavy atom. The molecule has 106 valence electrons. The second-order valence-corrected chi connectivity index (χ2v) is 5.24. The lowest BCUT2D eigenvalue weighted by Crippen LogP contribution is -2.36. The normalized spacial score (nSPS) is 23.7. The number of halogens is 3. The summed E-state index contributed by atoms with van der Waals surface area (Å²) < 4.78 is 45.2. The van der Waals surface area contributed by atoms with Crippen LogP contribution in [0.5, 0.6) is 0 Å². The number of hydrogen-bond donors (Lipinski definition) is 1. The fraction of sp³-hybridized carbons (Fsp3) is 0.571. The summed E-state index contributed by atoms with van der Waals surface area (Å²) in [6, 6.07) is 2.17. The topological polar surface area (TPSA) is 21.3 Å². The van der Waals surface area contributed by atoms with E-state index in [0.29, 0.717) is 12.5 Å². The molecule has 0 bridgehead atoms. The first-order valence-electron chi connectivity index (χ1n) is 6.50. The van der Waals surface area contributed by atoms with Crippen molar-refractivity contribution in [1.29, 1.82) is 0 Å². The largest absolute Gasteiger partial charge is 0.380 e. The zero-order valence-electron chi connectivity index (χ0n) is 11.1. The average Bonchev–Trinajstić information content (AvgIpc) is 2.40. The van der Waals surface area contributed by atoms with Gasteiger partial charge in [0.2, 0.25) is 0 Å². The lowest BCUT2D eigenvalue weighted by molar-refractivity contribution is -0.0161. The van der Waals surface area contributed by atoms with Gasteiger partial charge in [-0.05, 0) is 30.9 Å². The van der Waals surface area contributed by atoms with Crippen molar-refractivity contribution in [2.75, 3.05) is 11.9 Å². The lowest BCUT2D eigenvalue weighted by Gasteiger charge is -2.33. The first-order valence-corrected chi connectivity index (χ1v) is 6.50. The summed E-state index contributed by atoms with van der Waals surface area (Å²) in [5.41, 5.74) is 0.00769. The second kappa shape index (κ2) is 5.82. The van der Waals surface area contributed by atoms with Crippen molar-refractivity contribution >= 4 is 5.69 Å². The SMILES string of the molecule is CC(C)C1CC(Nc2ccc(F)c(F)c2F)CCO1. The number of ether oxygens (including phenoxy) is 1. The summed E-state index contributed by atoms with van der Waals surface area (Å²) in [7, 11) is 0. The van der Waals surface area contributed by atoms with Crippen molar-refractivity contribution in [2.24, 2.45) is 5.92 Å². The molecule has 0 aliphatic carbocycles. The van der Waals surface area contributed by atoms with Crippen LogP contribution < -0.4 is 5.32 Å². The fourth-order valence-corrected chi connectivity index (χ4v) is 2.28. The van der Waals surface area contributed by atoms with Gasteiger partial charge < -0.3 is 10.1 Å². The van der Waals surface area contributed by atoms with Gasteiger partial charge in [0.15, 0.2) is 17.5 Å². The molecule has 2 nitrogen and oxygen atoms in total. The van der Waals surface area contributed by atoms with E-state index < -0.39 is 17.5 Å². The average molecular weight is 273 g/mol. The molecule has 2 atom stereocenters. The number of nitrogens with one attached hydrogen (secondary N) is 1. The molecule has 1 heterocycles. The summed E-state index contributed by atoms with van der Waals surface area (Å²) in [4.78, 5) is 0. The Morgan fingerprint density at radius 3 is 2.63 bits per heavy atom. The standard InChI is InChI=1S/C14H18F3NO/c1-8(2)12-7-9(5-6-19-12)18-11-4-3-10(15)13(16)14(11)17/h3-4,8-9,12,18H,5-7H2,1-2H3. The Labute approximate surface area is 111 Å². The van der Waals surface area contributed by atoms with E-state index in [2.05, 4.69) is 19.2 Å². The smallest absolute Gasteiger partial charge is 0.196 e. The van der Waals surface area contributed by atoms with Gasteiger partial charge in [0.05, 0.1) is 11.8 Å². The molecule has 2 rings (SSSR count). The quantitative estimate of drug-likeness (QED) is 0.847. The van der Waals surface area contributed by atoms with Gasteiger partial charge in [-0.15, -0.1) is 0 Å². The first-order chi connectivity index (χ1) is 8.99. The summed E-state index contributed by atoms with van der Waals surface area (Å²) >= 11 is 0. The van der Waals surface area contributed by atoms with Gasteiger partial charge in [-0.3, -0.25) is 0 Å². The highest BCUT2D eigenvalue weighted by atomic mass is 19.2. The van der Waals surface area contributed by atoms with Crippen LogP contribution in [-0.2, 0) is 4.74 Å². The summed E-state index contributed by atoms with van der Waals surface area (Å²) in [5, 5.41) is 2.94. The van der Waals surface area contributed by atoms with Gasteiger partial charge in [0.25, 0.3) is 0 Å². The van der Waals surface area contributed by atoms with Gasteiger partial charge >= 0.3 is 0 Å². The van der Waals surface area contributed by atoms with E-state index in [9.17, 15) is 13.2 Å². The molecule has 1 fully saturated rings. The van der Waals surface area contributed by atoms with Crippen molar-refractivity contribution < 1.29 is 17.9 Å². The van der Waals surface area contributed by atoms with Crippen molar-refractivity contribution in [2.45, 2.75) is 38.8 Å². The van der Waals surface area contributed by atoms with Crippen LogP contribution in [0.4, 0.5) is 18.9 Å². The van der Waals surface area contributed by atoms with Crippen LogP contribution in [0.25, 0.3) is 0 Å². The highest BCUT2D eigenvalue weighted by Gasteiger charge is 2.26. The van der Waals surface area contributed by atoms with E-state index in [4.69, 9.17) is 4.74 Å². The molecular formula is C14H18F3NO. The molecule has 19 heavy (non-hydrogen) atoms. The molecular weight excluding hydrogens is 255 g/mol. The minimum Gasteiger partial charge on any atom is -0.380 e. The van der Waals surface area contributed by atoms with Crippen LogP contribution in [0.15, 0.2) is 12.1 Å². The molecule has 0 radical (unpaired) electrons. The lowest BCUT2D eigenvalue weighted by atomic mass is 9.95. The minimum absolute atomic E-state index is 0.00769. The van der Waals surface area contributed by atoms with Gasteiger partial charge in [0, 0.05) is 12.6 Å². The third-order valence-corrected chi connectivity index (χ3v) is 3.45. The highest BCUT2D eigenvalue weighted by molar-refractivity contribution is 5.46. The molecule has 5 heteroatoms. The summed E-state index contributed by atoms with van der Waals surface area (Å²) in [6.45, 7) is 4.71. The molecule has 1 aliphatic heterocycles. The van der Waals surface area contributed by atoms with Crippen LogP contribution in [0, 0.1) is 23.4 Å². The Kier molecular flexibility index (Phi) is 4.34. The van der Waals surface area contributed by atoms with Crippen LogP contribution >= 0.6 is 0 Å². The van der Waals surface area contributed by atoms with E-state index in [1.54, 1.807) is 0 Å². The third-order valence-electron chi connectivity index (χ3n) is 3.45. The van der Waals surface area contributed by atoms with Crippen molar-refractivity contribution in [1.82, 2.24) is 0 Å². The molecule has 0 aromatic heterocycles. The summed E-state index contributed by atoms with van der Waals surface area (Å²) in [5.74, 6) is -3.39. The van der Waals surface area contributed by atoms with E-state index in [-0.39, 0.29) is 17.8 Å². The number of rotatable bonds is 3. The van der Waals surface area contributed by atoms with Gasteiger partial charge in [-0.2, -0.15) is 0 Å². The molecule has 1 aromatic carbocycles. The van der Waals surface area contributed by atoms with Crippen molar-refractivity contribution in [3.63, 3.8) is 0 Å². The van der Waals surface area contributed by atoms with E-state index in [1.807, 2.05) is 0 Å². The molecule has 0 spiro atoms. The maximum atomic E-state index is 13.6. The van der Waals surface area contributed by atoms with Crippen LogP contribution in [0.2, 0.25) is 0 Å². The second-order valence-electron chi connectivity index (χ2n) is 5.24. The van der Waals surface area contributed by atoms with Crippen LogP contribution in [0.1, 0.15) is 26.7 Å². The van der Waals surface area contributed by atoms with E-state index in [1.165, 1.54) is 6.07 Å². The van der Waals surface area contributed by atoms with Crippen molar-refractivity contribution in [3.8, 4) is 0 Å². The first kappa shape index (κ1) is 14.2. The number of hydrogen-bond acceptors (Lipinski definition) is 2.